The molecule has 0 radical (unpaired) electrons. The van der Waals surface area contributed by atoms with Gasteiger partial charge in [0.2, 0.25) is 0 Å². The highest BCUT2D eigenvalue weighted by atomic mass is 35.5. The summed E-state index contributed by atoms with van der Waals surface area (Å²) in [7, 11) is 0. The zero-order valence-corrected chi connectivity index (χ0v) is 10.1. The summed E-state index contributed by atoms with van der Waals surface area (Å²) >= 11 is 4.06. The molecule has 0 unspecified atom stereocenters. The molecule has 4 N–H and O–H groups in total. The Morgan fingerprint density at radius 1 is 1.24 bits per heavy atom. The van der Waals surface area contributed by atoms with Crippen LogP contribution in [0.2, 0.25) is 5.02 Å². The molecule has 1 aliphatic carbocycles. The molecule has 0 aromatic heterocycles. The van der Waals surface area contributed by atoms with Gasteiger partial charge in [0.15, 0.2) is 11.2 Å². The van der Waals surface area contributed by atoms with E-state index in [1.54, 1.807) is 0 Å². The highest BCUT2D eigenvalue weighted by Gasteiger charge is 2.40. The van der Waals surface area contributed by atoms with Crippen LogP contribution in [0.3, 0.4) is 0 Å². The lowest BCUT2D eigenvalue weighted by molar-refractivity contribution is 0.0126. The fraction of sp³-hybridized carbons (Fsp3) is 0.333. The van der Waals surface area contributed by atoms with Crippen molar-refractivity contribution in [2.45, 2.75) is 18.8 Å². The van der Waals surface area contributed by atoms with E-state index in [9.17, 15) is 13.2 Å². The molecule has 0 bridgehead atoms. The van der Waals surface area contributed by atoms with Crippen molar-refractivity contribution in [3.05, 3.63) is 34.1 Å². The van der Waals surface area contributed by atoms with Crippen LogP contribution in [0.1, 0.15) is 11.1 Å². The number of nitrogens with two attached hydrogens (primary N) is 2. The summed E-state index contributed by atoms with van der Waals surface area (Å²) in [4.78, 5) is 0. The molecule has 0 spiro atoms. The van der Waals surface area contributed by atoms with Gasteiger partial charge in [-0.2, -0.15) is 0 Å². The molecule has 0 saturated heterocycles. The normalized spacial score (nSPS) is 16.4. The molecule has 1 aromatic carbocycles. The van der Waals surface area contributed by atoms with Crippen LogP contribution >= 0.6 is 11.6 Å². The number of hydrogen-bond donors (Lipinski definition) is 2. The first-order valence-electron chi connectivity index (χ1n) is 4.47. The lowest BCUT2D eigenvalue weighted by atomic mass is 10.1. The quantitative estimate of drug-likeness (QED) is 0.749. The van der Waals surface area contributed by atoms with Gasteiger partial charge in [-0.3, -0.25) is 0 Å². The minimum Gasteiger partial charge on any atom is -0.239 e. The van der Waals surface area contributed by atoms with Crippen molar-refractivity contribution in [1.82, 2.24) is 0 Å². The zero-order valence-electron chi connectivity index (χ0n) is 8.55. The molecule has 0 heterocycles. The second-order valence-electron chi connectivity index (χ2n) is 3.52. The average molecular weight is 287 g/mol. The molecule has 8 heteroatoms. The molecule has 0 aliphatic heterocycles. The van der Waals surface area contributed by atoms with Crippen molar-refractivity contribution >= 4 is 22.8 Å². The summed E-state index contributed by atoms with van der Waals surface area (Å²) in [6, 6.07) is 2.44. The Labute approximate surface area is 104 Å². The Bertz CT molecular complexity index is 419. The molecule has 17 heavy (non-hydrogen) atoms. The molecular weight excluding hydrogens is 277 g/mol. The first kappa shape index (κ1) is 14.4. The van der Waals surface area contributed by atoms with Crippen LogP contribution in [0.15, 0.2) is 12.1 Å². The summed E-state index contributed by atoms with van der Waals surface area (Å²) in [5.41, 5.74) is 0.323. The third-order valence-corrected chi connectivity index (χ3v) is 2.54. The monoisotopic (exact) mass is 286 g/mol. The van der Waals surface area contributed by atoms with E-state index in [0.717, 1.165) is 6.07 Å². The van der Waals surface area contributed by atoms with E-state index in [-0.39, 0.29) is 16.1 Å². The van der Waals surface area contributed by atoms with E-state index in [1.807, 2.05) is 0 Å². The molecule has 1 aliphatic rings. The Kier molecular flexibility index (Phi) is 4.54. The third kappa shape index (κ3) is 3.95. The van der Waals surface area contributed by atoms with Gasteiger partial charge in [-0.15, -0.1) is 0 Å². The van der Waals surface area contributed by atoms with Crippen LogP contribution in [0, 0.1) is 5.82 Å². The standard InChI is InChI=1S/C9H6ClF3.H4N2OS/c10-7-1-2-8(11)6-4-9(12,13)3-5(6)7;1-4(2)3/h1-2H,3-4H2;1-2H2. The first-order chi connectivity index (χ1) is 7.73. The van der Waals surface area contributed by atoms with Crippen LogP contribution in [0.5, 0.6) is 0 Å². The fourth-order valence-corrected chi connectivity index (χ4v) is 1.84. The molecule has 3 nitrogen and oxygen atoms in total. The number of alkyl halides is 2. The maximum atomic E-state index is 13.0. The van der Waals surface area contributed by atoms with Crippen LogP contribution in [0.4, 0.5) is 13.2 Å². The molecule has 0 fully saturated rings. The predicted octanol–water partition coefficient (Wildman–Crippen LogP) is 1.70. The van der Waals surface area contributed by atoms with Crippen molar-refractivity contribution in [3.8, 4) is 0 Å². The van der Waals surface area contributed by atoms with Crippen LogP contribution < -0.4 is 10.3 Å². The summed E-state index contributed by atoms with van der Waals surface area (Å²) in [6.45, 7) is 0. The molecule has 2 rings (SSSR count). The maximum Gasteiger partial charge on any atom is 0.256 e. The van der Waals surface area contributed by atoms with Gasteiger partial charge >= 0.3 is 0 Å². The second kappa shape index (κ2) is 5.34. The summed E-state index contributed by atoms with van der Waals surface area (Å²) in [6.07, 6.45) is -0.979. The molecule has 0 atom stereocenters. The van der Waals surface area contributed by atoms with Gasteiger partial charge in [0.1, 0.15) is 5.82 Å². The van der Waals surface area contributed by atoms with E-state index in [0.29, 0.717) is 0 Å². The topological polar surface area (TPSA) is 69.1 Å². The highest BCUT2D eigenvalue weighted by Crippen LogP contribution is 2.39. The lowest BCUT2D eigenvalue weighted by Gasteiger charge is -2.04. The van der Waals surface area contributed by atoms with Crippen molar-refractivity contribution in [2.75, 3.05) is 0 Å². The van der Waals surface area contributed by atoms with E-state index < -0.39 is 35.8 Å². The van der Waals surface area contributed by atoms with Crippen molar-refractivity contribution in [2.24, 2.45) is 10.3 Å². The number of hydrogen-bond acceptors (Lipinski definition) is 1. The Balaban J connectivity index is 0.000000317. The third-order valence-electron chi connectivity index (χ3n) is 2.19. The summed E-state index contributed by atoms with van der Waals surface area (Å²) in [5.74, 6) is -3.43. The van der Waals surface area contributed by atoms with E-state index in [2.05, 4.69) is 10.3 Å². The Morgan fingerprint density at radius 2 is 1.71 bits per heavy atom. The van der Waals surface area contributed by atoms with Gasteiger partial charge in [-0.1, -0.05) is 11.6 Å². The molecule has 96 valence electrons. The molecular formula is C9H10ClF3N2OS. The number of rotatable bonds is 0. The van der Waals surface area contributed by atoms with Gasteiger partial charge in [-0.05, 0) is 23.3 Å². The van der Waals surface area contributed by atoms with Crippen molar-refractivity contribution in [1.29, 1.82) is 0 Å². The average Bonchev–Trinajstić information content (AvgIpc) is 2.48. The van der Waals surface area contributed by atoms with E-state index >= 15 is 0 Å². The number of fused-ring (bicyclic) bond motifs is 1. The van der Waals surface area contributed by atoms with Crippen LogP contribution in [-0.4, -0.2) is 10.1 Å². The SMILES string of the molecule is Fc1ccc(Cl)c2c1CC(F)(F)C2.NS(N)=O. The lowest BCUT2D eigenvalue weighted by Crippen LogP contribution is -2.14. The van der Waals surface area contributed by atoms with Gasteiger partial charge in [0.05, 0.1) is 0 Å². The van der Waals surface area contributed by atoms with E-state index in [4.69, 9.17) is 15.8 Å². The van der Waals surface area contributed by atoms with Crippen molar-refractivity contribution in [3.63, 3.8) is 0 Å². The summed E-state index contributed by atoms with van der Waals surface area (Å²) in [5, 5.41) is 8.95. The number of benzene rings is 1. The largest absolute Gasteiger partial charge is 0.256 e. The molecule has 0 saturated carbocycles. The minimum absolute atomic E-state index is 0.0671. The van der Waals surface area contributed by atoms with Gasteiger partial charge in [0, 0.05) is 17.9 Å². The first-order valence-corrected chi connectivity index (χ1v) is 6.12. The zero-order chi connectivity index (χ0) is 13.2. The summed E-state index contributed by atoms with van der Waals surface area (Å²) < 4.78 is 47.9. The number of halogens is 4. The smallest absolute Gasteiger partial charge is 0.239 e. The van der Waals surface area contributed by atoms with Gasteiger partial charge in [0.25, 0.3) is 5.92 Å². The van der Waals surface area contributed by atoms with Crippen molar-refractivity contribution < 1.29 is 17.4 Å². The molecule has 0 amide bonds. The fourth-order valence-electron chi connectivity index (χ4n) is 1.60. The van der Waals surface area contributed by atoms with E-state index in [1.165, 1.54) is 6.07 Å². The Morgan fingerprint density at radius 3 is 2.18 bits per heavy atom. The minimum atomic E-state index is -2.84. The predicted molar refractivity (Wildman–Crippen MR) is 60.3 cm³/mol. The van der Waals surface area contributed by atoms with Crippen LogP contribution in [0.25, 0.3) is 0 Å². The van der Waals surface area contributed by atoms with Crippen LogP contribution in [-0.2, 0) is 24.0 Å². The highest BCUT2D eigenvalue weighted by molar-refractivity contribution is 7.80. The maximum absolute atomic E-state index is 13.0. The van der Waals surface area contributed by atoms with Gasteiger partial charge in [-0.25, -0.2) is 27.7 Å². The Hall–Kier alpha value is -0.630. The molecule has 1 aromatic rings. The second-order valence-corrected chi connectivity index (χ2v) is 4.59. The van der Waals surface area contributed by atoms with Gasteiger partial charge < -0.3 is 0 Å².